The normalized spacial score (nSPS) is 16.5. The van der Waals surface area contributed by atoms with Gasteiger partial charge >= 0.3 is 0 Å². The highest BCUT2D eigenvalue weighted by Gasteiger charge is 2.33. The van der Waals surface area contributed by atoms with Gasteiger partial charge in [0.25, 0.3) is 0 Å². The molecular formula is C19H30N2O. The first-order chi connectivity index (χ1) is 10.3. The Labute approximate surface area is 135 Å². The van der Waals surface area contributed by atoms with Crippen molar-refractivity contribution in [2.45, 2.75) is 59.7 Å². The molecule has 2 rings (SSSR count). The summed E-state index contributed by atoms with van der Waals surface area (Å²) >= 11 is 0. The lowest BCUT2D eigenvalue weighted by Gasteiger charge is -2.46. The van der Waals surface area contributed by atoms with E-state index in [0.717, 1.165) is 18.8 Å². The molecule has 22 heavy (non-hydrogen) atoms. The molecule has 0 bridgehead atoms. The number of methoxy groups -OCH3 is 1. The SMILES string of the molecule is CCNCc1cc2c(cc1OC)N(C(C)C)C(C)(C)C=C2C. The Bertz CT molecular complexity index is 573. The molecule has 0 fully saturated rings. The average Bonchev–Trinajstić information content (AvgIpc) is 2.43. The minimum atomic E-state index is 0.0133. The minimum Gasteiger partial charge on any atom is -0.496 e. The Kier molecular flexibility index (Phi) is 4.86. The number of benzene rings is 1. The number of ether oxygens (including phenoxy) is 1. The van der Waals surface area contributed by atoms with Crippen LogP contribution in [0.4, 0.5) is 5.69 Å². The van der Waals surface area contributed by atoms with Crippen LogP contribution in [0.25, 0.3) is 5.57 Å². The van der Waals surface area contributed by atoms with Crippen LogP contribution < -0.4 is 15.0 Å². The van der Waals surface area contributed by atoms with Crippen LogP contribution in [0.2, 0.25) is 0 Å². The van der Waals surface area contributed by atoms with E-state index in [9.17, 15) is 0 Å². The topological polar surface area (TPSA) is 24.5 Å². The van der Waals surface area contributed by atoms with E-state index in [1.54, 1.807) is 7.11 Å². The van der Waals surface area contributed by atoms with Gasteiger partial charge in [-0.25, -0.2) is 0 Å². The largest absolute Gasteiger partial charge is 0.496 e. The second-order valence-electron chi connectivity index (χ2n) is 6.91. The van der Waals surface area contributed by atoms with E-state index in [-0.39, 0.29) is 5.54 Å². The van der Waals surface area contributed by atoms with E-state index in [1.165, 1.54) is 22.4 Å². The van der Waals surface area contributed by atoms with E-state index in [0.29, 0.717) is 6.04 Å². The summed E-state index contributed by atoms with van der Waals surface area (Å²) in [5.41, 5.74) is 5.18. The molecule has 0 unspecified atom stereocenters. The first kappa shape index (κ1) is 16.9. The first-order valence-electron chi connectivity index (χ1n) is 8.22. The van der Waals surface area contributed by atoms with E-state index in [2.05, 4.69) is 70.0 Å². The molecule has 1 N–H and O–H groups in total. The average molecular weight is 302 g/mol. The van der Waals surface area contributed by atoms with E-state index in [4.69, 9.17) is 4.74 Å². The summed E-state index contributed by atoms with van der Waals surface area (Å²) in [7, 11) is 1.76. The highest BCUT2D eigenvalue weighted by Crippen LogP contribution is 2.43. The van der Waals surface area contributed by atoms with E-state index >= 15 is 0 Å². The van der Waals surface area contributed by atoms with Gasteiger partial charge in [0.1, 0.15) is 5.75 Å². The zero-order valence-corrected chi connectivity index (χ0v) is 15.1. The number of allylic oxidation sites excluding steroid dienone is 1. The first-order valence-corrected chi connectivity index (χ1v) is 8.22. The fraction of sp³-hybridized carbons (Fsp3) is 0.579. The predicted octanol–water partition coefficient (Wildman–Crippen LogP) is 4.22. The number of fused-ring (bicyclic) bond motifs is 1. The Morgan fingerprint density at radius 3 is 2.50 bits per heavy atom. The Balaban J connectivity index is 2.59. The molecule has 0 saturated carbocycles. The molecule has 0 spiro atoms. The summed E-state index contributed by atoms with van der Waals surface area (Å²) in [5, 5.41) is 3.40. The number of hydrogen-bond acceptors (Lipinski definition) is 3. The van der Waals surface area contributed by atoms with Crippen molar-refractivity contribution in [2.24, 2.45) is 0 Å². The van der Waals surface area contributed by atoms with Crippen LogP contribution in [-0.4, -0.2) is 25.2 Å². The molecule has 1 aromatic carbocycles. The predicted molar refractivity (Wildman–Crippen MR) is 95.7 cm³/mol. The third kappa shape index (κ3) is 3.00. The molecule has 1 heterocycles. The van der Waals surface area contributed by atoms with Crippen LogP contribution in [0.1, 0.15) is 52.7 Å². The quantitative estimate of drug-likeness (QED) is 0.881. The van der Waals surface area contributed by atoms with Crippen molar-refractivity contribution in [1.82, 2.24) is 5.32 Å². The van der Waals surface area contributed by atoms with Crippen molar-refractivity contribution in [3.8, 4) is 5.75 Å². The van der Waals surface area contributed by atoms with Gasteiger partial charge in [0.15, 0.2) is 0 Å². The van der Waals surface area contributed by atoms with Crippen molar-refractivity contribution in [1.29, 1.82) is 0 Å². The lowest BCUT2D eigenvalue weighted by atomic mass is 9.86. The zero-order chi connectivity index (χ0) is 16.5. The molecule has 1 aliphatic heterocycles. The molecule has 122 valence electrons. The third-order valence-electron chi connectivity index (χ3n) is 4.36. The zero-order valence-electron chi connectivity index (χ0n) is 15.1. The highest BCUT2D eigenvalue weighted by atomic mass is 16.5. The number of rotatable bonds is 5. The molecule has 0 atom stereocenters. The molecule has 3 nitrogen and oxygen atoms in total. The fourth-order valence-corrected chi connectivity index (χ4v) is 3.65. The van der Waals surface area contributed by atoms with Crippen LogP contribution in [-0.2, 0) is 6.54 Å². The fourth-order valence-electron chi connectivity index (χ4n) is 3.65. The molecule has 0 aliphatic carbocycles. The number of anilines is 1. The van der Waals surface area contributed by atoms with Crippen molar-refractivity contribution in [3.63, 3.8) is 0 Å². The summed E-state index contributed by atoms with van der Waals surface area (Å²) in [6.45, 7) is 15.2. The molecule has 0 amide bonds. The third-order valence-corrected chi connectivity index (χ3v) is 4.36. The number of nitrogens with zero attached hydrogens (tertiary/aromatic N) is 1. The summed E-state index contributed by atoms with van der Waals surface area (Å²) in [4.78, 5) is 2.48. The van der Waals surface area contributed by atoms with Crippen LogP contribution in [0, 0.1) is 0 Å². The van der Waals surface area contributed by atoms with Gasteiger partial charge in [-0.2, -0.15) is 0 Å². The highest BCUT2D eigenvalue weighted by molar-refractivity contribution is 5.83. The van der Waals surface area contributed by atoms with Crippen molar-refractivity contribution >= 4 is 11.3 Å². The second kappa shape index (κ2) is 6.33. The smallest absolute Gasteiger partial charge is 0.125 e. The lowest BCUT2D eigenvalue weighted by molar-refractivity contribution is 0.407. The summed E-state index contributed by atoms with van der Waals surface area (Å²) in [6, 6.07) is 4.93. The number of nitrogens with one attached hydrogen (secondary N) is 1. The van der Waals surface area contributed by atoms with Gasteiger partial charge in [0.05, 0.1) is 12.6 Å². The van der Waals surface area contributed by atoms with Crippen LogP contribution >= 0.6 is 0 Å². The molecule has 0 saturated heterocycles. The Morgan fingerprint density at radius 2 is 1.95 bits per heavy atom. The molecule has 0 aromatic heterocycles. The van der Waals surface area contributed by atoms with Crippen LogP contribution in [0.5, 0.6) is 5.75 Å². The van der Waals surface area contributed by atoms with Crippen molar-refractivity contribution in [2.75, 3.05) is 18.6 Å². The van der Waals surface area contributed by atoms with E-state index in [1.807, 2.05) is 0 Å². The molecule has 1 aromatic rings. The lowest BCUT2D eigenvalue weighted by Crippen LogP contribution is -2.49. The van der Waals surface area contributed by atoms with Crippen molar-refractivity contribution in [3.05, 3.63) is 29.3 Å². The Hall–Kier alpha value is -1.48. The maximum atomic E-state index is 5.65. The standard InChI is InChI=1S/C19H30N2O/c1-8-20-12-15-9-16-14(4)11-19(5,6)21(13(2)3)17(16)10-18(15)22-7/h9-11,13,20H,8,12H2,1-7H3. The molecule has 3 heteroatoms. The molecule has 0 radical (unpaired) electrons. The van der Waals surface area contributed by atoms with Gasteiger partial charge in [-0.15, -0.1) is 0 Å². The van der Waals surface area contributed by atoms with Gasteiger partial charge in [0, 0.05) is 35.5 Å². The van der Waals surface area contributed by atoms with E-state index < -0.39 is 0 Å². The summed E-state index contributed by atoms with van der Waals surface area (Å²) in [5.74, 6) is 0.968. The van der Waals surface area contributed by atoms with Crippen LogP contribution in [0.3, 0.4) is 0 Å². The van der Waals surface area contributed by atoms with Gasteiger partial charge in [-0.05, 0) is 52.8 Å². The van der Waals surface area contributed by atoms with Gasteiger partial charge in [-0.1, -0.05) is 13.0 Å². The maximum Gasteiger partial charge on any atom is 0.125 e. The van der Waals surface area contributed by atoms with Gasteiger partial charge in [0.2, 0.25) is 0 Å². The second-order valence-corrected chi connectivity index (χ2v) is 6.91. The van der Waals surface area contributed by atoms with Gasteiger partial charge < -0.3 is 15.0 Å². The maximum absolute atomic E-state index is 5.65. The molecule has 1 aliphatic rings. The minimum absolute atomic E-state index is 0.0133. The van der Waals surface area contributed by atoms with Gasteiger partial charge in [-0.3, -0.25) is 0 Å². The van der Waals surface area contributed by atoms with Crippen LogP contribution in [0.15, 0.2) is 18.2 Å². The summed E-state index contributed by atoms with van der Waals surface area (Å²) in [6.07, 6.45) is 2.37. The Morgan fingerprint density at radius 1 is 1.27 bits per heavy atom. The summed E-state index contributed by atoms with van der Waals surface area (Å²) < 4.78 is 5.65. The number of hydrogen-bond donors (Lipinski definition) is 1. The van der Waals surface area contributed by atoms with Crippen molar-refractivity contribution < 1.29 is 4.74 Å². The molecular weight excluding hydrogens is 272 g/mol. The monoisotopic (exact) mass is 302 g/mol.